The van der Waals surface area contributed by atoms with Gasteiger partial charge < -0.3 is 9.84 Å². The van der Waals surface area contributed by atoms with Gasteiger partial charge in [0.25, 0.3) is 0 Å². The third-order valence-electron chi connectivity index (χ3n) is 4.77. The SMILES string of the molecule is CCCCCCCCC[C@H](CCCCCCC)COC[C@H](O)CCl. The molecule has 0 aliphatic carbocycles. The standard InChI is InChI=1S/C21H43ClO2/c1-3-5-7-9-10-12-14-16-20(15-13-11-8-6-4-2)18-24-19-21(23)17-22/h20-21,23H,3-19H2,1-2H3/t20-,21+/m0/s1. The molecule has 146 valence electrons. The molecule has 0 fully saturated rings. The van der Waals surface area contributed by atoms with Crippen molar-refractivity contribution in [2.24, 2.45) is 5.92 Å². The summed E-state index contributed by atoms with van der Waals surface area (Å²) in [5, 5.41) is 9.50. The second-order valence-electron chi connectivity index (χ2n) is 7.32. The van der Waals surface area contributed by atoms with E-state index in [2.05, 4.69) is 13.8 Å². The fraction of sp³-hybridized carbons (Fsp3) is 1.00. The Bertz CT molecular complexity index is 236. The Morgan fingerprint density at radius 3 is 1.62 bits per heavy atom. The van der Waals surface area contributed by atoms with E-state index in [1.165, 1.54) is 89.9 Å². The number of aliphatic hydroxyl groups excluding tert-OH is 1. The van der Waals surface area contributed by atoms with Gasteiger partial charge >= 0.3 is 0 Å². The van der Waals surface area contributed by atoms with Crippen LogP contribution < -0.4 is 0 Å². The maximum atomic E-state index is 9.50. The second-order valence-corrected chi connectivity index (χ2v) is 7.63. The Balaban J connectivity index is 3.80. The second kappa shape index (κ2) is 19.5. The molecule has 0 saturated carbocycles. The summed E-state index contributed by atoms with van der Waals surface area (Å²) in [5.41, 5.74) is 0. The fourth-order valence-corrected chi connectivity index (χ4v) is 3.24. The van der Waals surface area contributed by atoms with Crippen molar-refractivity contribution in [2.75, 3.05) is 19.1 Å². The molecule has 0 aliphatic rings. The molecule has 0 amide bonds. The van der Waals surface area contributed by atoms with Crippen LogP contribution in [0, 0.1) is 5.92 Å². The van der Waals surface area contributed by atoms with Gasteiger partial charge in [-0.1, -0.05) is 90.9 Å². The molecule has 24 heavy (non-hydrogen) atoms. The zero-order valence-electron chi connectivity index (χ0n) is 16.4. The number of alkyl halides is 1. The summed E-state index contributed by atoms with van der Waals surface area (Å²) in [7, 11) is 0. The van der Waals surface area contributed by atoms with Crippen LogP contribution in [-0.4, -0.2) is 30.3 Å². The highest BCUT2D eigenvalue weighted by Gasteiger charge is 2.10. The van der Waals surface area contributed by atoms with Crippen LogP contribution in [0.5, 0.6) is 0 Å². The first-order valence-electron chi connectivity index (χ1n) is 10.6. The van der Waals surface area contributed by atoms with E-state index < -0.39 is 6.10 Å². The molecule has 2 nitrogen and oxygen atoms in total. The maximum Gasteiger partial charge on any atom is 0.0908 e. The highest BCUT2D eigenvalue weighted by molar-refractivity contribution is 6.18. The predicted octanol–water partition coefficient (Wildman–Crippen LogP) is 6.72. The van der Waals surface area contributed by atoms with E-state index in [0.29, 0.717) is 12.5 Å². The minimum atomic E-state index is -0.518. The largest absolute Gasteiger partial charge is 0.389 e. The molecule has 0 aliphatic heterocycles. The first-order chi connectivity index (χ1) is 11.7. The van der Waals surface area contributed by atoms with Crippen molar-refractivity contribution in [3.05, 3.63) is 0 Å². The number of ether oxygens (including phenoxy) is 1. The molecule has 1 N–H and O–H groups in total. The van der Waals surface area contributed by atoms with Crippen LogP contribution in [-0.2, 0) is 4.74 Å². The van der Waals surface area contributed by atoms with Crippen molar-refractivity contribution in [1.82, 2.24) is 0 Å². The molecule has 0 heterocycles. The van der Waals surface area contributed by atoms with Gasteiger partial charge in [0.15, 0.2) is 0 Å². The minimum absolute atomic E-state index is 0.263. The van der Waals surface area contributed by atoms with Crippen LogP contribution in [0.15, 0.2) is 0 Å². The molecule has 0 rings (SSSR count). The summed E-state index contributed by atoms with van der Waals surface area (Å²) in [6, 6.07) is 0. The van der Waals surface area contributed by atoms with Crippen LogP contribution in [0.1, 0.15) is 104 Å². The molecular formula is C21H43ClO2. The van der Waals surface area contributed by atoms with E-state index in [-0.39, 0.29) is 5.88 Å². The van der Waals surface area contributed by atoms with Gasteiger partial charge in [-0.3, -0.25) is 0 Å². The van der Waals surface area contributed by atoms with Crippen LogP contribution in [0.2, 0.25) is 0 Å². The Labute approximate surface area is 156 Å². The molecule has 0 aromatic carbocycles. The summed E-state index contributed by atoms with van der Waals surface area (Å²) in [5.74, 6) is 0.921. The summed E-state index contributed by atoms with van der Waals surface area (Å²) >= 11 is 5.62. The van der Waals surface area contributed by atoms with Crippen molar-refractivity contribution in [1.29, 1.82) is 0 Å². The molecule has 0 aromatic heterocycles. The minimum Gasteiger partial charge on any atom is -0.389 e. The average Bonchev–Trinajstić information content (AvgIpc) is 2.59. The number of aliphatic hydroxyl groups is 1. The summed E-state index contributed by atoms with van der Waals surface area (Å²) < 4.78 is 5.70. The first kappa shape index (κ1) is 24.2. The van der Waals surface area contributed by atoms with Gasteiger partial charge in [-0.2, -0.15) is 0 Å². The Kier molecular flexibility index (Phi) is 19.7. The van der Waals surface area contributed by atoms with Crippen LogP contribution in [0.4, 0.5) is 0 Å². The van der Waals surface area contributed by atoms with Crippen molar-refractivity contribution in [2.45, 2.75) is 110 Å². The normalized spacial score (nSPS) is 14.0. The molecule has 2 atom stereocenters. The van der Waals surface area contributed by atoms with Crippen LogP contribution in [0.25, 0.3) is 0 Å². The van der Waals surface area contributed by atoms with Crippen molar-refractivity contribution >= 4 is 11.6 Å². The van der Waals surface area contributed by atoms with Gasteiger partial charge in [0, 0.05) is 6.61 Å². The third-order valence-corrected chi connectivity index (χ3v) is 5.13. The fourth-order valence-electron chi connectivity index (χ4n) is 3.15. The monoisotopic (exact) mass is 362 g/mol. The van der Waals surface area contributed by atoms with Gasteiger partial charge in [0.05, 0.1) is 18.6 Å². The number of rotatable bonds is 19. The summed E-state index contributed by atoms with van der Waals surface area (Å²) in [6.45, 7) is 5.70. The first-order valence-corrected chi connectivity index (χ1v) is 11.1. The highest BCUT2D eigenvalue weighted by atomic mass is 35.5. The van der Waals surface area contributed by atoms with E-state index in [1.54, 1.807) is 0 Å². The quantitative estimate of drug-likeness (QED) is 0.204. The molecular weight excluding hydrogens is 320 g/mol. The lowest BCUT2D eigenvalue weighted by Gasteiger charge is -2.18. The van der Waals surface area contributed by atoms with Gasteiger partial charge in [-0.15, -0.1) is 11.6 Å². The molecule has 0 aromatic rings. The van der Waals surface area contributed by atoms with Gasteiger partial charge in [0.1, 0.15) is 0 Å². The zero-order chi connectivity index (χ0) is 17.9. The molecule has 0 spiro atoms. The maximum absolute atomic E-state index is 9.50. The number of halogens is 1. The van der Waals surface area contributed by atoms with E-state index >= 15 is 0 Å². The lowest BCUT2D eigenvalue weighted by atomic mass is 9.95. The van der Waals surface area contributed by atoms with Crippen LogP contribution in [0.3, 0.4) is 0 Å². The van der Waals surface area contributed by atoms with Gasteiger partial charge in [0.2, 0.25) is 0 Å². The Hall–Kier alpha value is 0.210. The molecule has 0 radical (unpaired) electrons. The van der Waals surface area contributed by atoms with E-state index in [9.17, 15) is 5.11 Å². The summed E-state index contributed by atoms with van der Waals surface area (Å²) in [6.07, 6.45) is 18.3. The number of hydrogen-bond acceptors (Lipinski definition) is 2. The topological polar surface area (TPSA) is 29.5 Å². The van der Waals surface area contributed by atoms with Crippen molar-refractivity contribution in [3.63, 3.8) is 0 Å². The Morgan fingerprint density at radius 1 is 0.708 bits per heavy atom. The third kappa shape index (κ3) is 17.0. The molecule has 0 unspecified atom stereocenters. The Morgan fingerprint density at radius 2 is 1.17 bits per heavy atom. The highest BCUT2D eigenvalue weighted by Crippen LogP contribution is 2.19. The van der Waals surface area contributed by atoms with E-state index in [0.717, 1.165) is 6.61 Å². The smallest absolute Gasteiger partial charge is 0.0908 e. The van der Waals surface area contributed by atoms with Gasteiger partial charge in [-0.05, 0) is 18.8 Å². The molecule has 3 heteroatoms. The van der Waals surface area contributed by atoms with Crippen molar-refractivity contribution < 1.29 is 9.84 Å². The van der Waals surface area contributed by atoms with Crippen LogP contribution >= 0.6 is 11.6 Å². The molecule has 0 saturated heterocycles. The zero-order valence-corrected chi connectivity index (χ0v) is 17.2. The lowest BCUT2D eigenvalue weighted by molar-refractivity contribution is 0.0269. The average molecular weight is 363 g/mol. The van der Waals surface area contributed by atoms with E-state index in [1.807, 2.05) is 0 Å². The van der Waals surface area contributed by atoms with Crippen molar-refractivity contribution in [3.8, 4) is 0 Å². The van der Waals surface area contributed by atoms with E-state index in [4.69, 9.17) is 16.3 Å². The molecule has 0 bridgehead atoms. The number of unbranched alkanes of at least 4 members (excludes halogenated alkanes) is 10. The lowest BCUT2D eigenvalue weighted by Crippen LogP contribution is -2.20. The predicted molar refractivity (Wildman–Crippen MR) is 107 cm³/mol. The van der Waals surface area contributed by atoms with Gasteiger partial charge in [-0.25, -0.2) is 0 Å². The summed E-state index contributed by atoms with van der Waals surface area (Å²) in [4.78, 5) is 0. The number of hydrogen-bond donors (Lipinski definition) is 1.